The fraction of sp³-hybridized carbons (Fsp3) is 0.333. The first kappa shape index (κ1) is 19.6. The van der Waals surface area contributed by atoms with Crippen LogP contribution in [0.4, 0.5) is 8.78 Å². The zero-order valence-electron chi connectivity index (χ0n) is 14.9. The number of hydrogen-bond donors (Lipinski definition) is 2. The summed E-state index contributed by atoms with van der Waals surface area (Å²) in [4.78, 5) is 3.55. The highest BCUT2D eigenvalue weighted by Crippen LogP contribution is 2.33. The second kappa shape index (κ2) is 8.72. The number of aromatic nitrogens is 1. The van der Waals surface area contributed by atoms with Gasteiger partial charge >= 0.3 is 0 Å². The Bertz CT molecular complexity index is 912. The van der Waals surface area contributed by atoms with Crippen LogP contribution in [-0.4, -0.2) is 24.7 Å². The van der Waals surface area contributed by atoms with Crippen molar-refractivity contribution in [3.05, 3.63) is 65.4 Å². The maximum absolute atomic E-state index is 13.6. The lowest BCUT2D eigenvalue weighted by molar-refractivity contribution is 0.285. The van der Waals surface area contributed by atoms with Crippen molar-refractivity contribution >= 4 is 23.3 Å². The van der Waals surface area contributed by atoms with E-state index in [1.54, 1.807) is 0 Å². The van der Waals surface area contributed by atoms with Crippen molar-refractivity contribution in [1.29, 1.82) is 0 Å². The van der Waals surface area contributed by atoms with Gasteiger partial charge in [-0.15, -0.1) is 12.4 Å². The molecule has 2 aromatic carbocycles. The standard InChI is InChI=1S/C21H22F2N2O.ClH/c22-15-7-8-17(23)20(12-15)26-11-3-4-14-13-24-10-9-19-21(14)16-5-1-2-6-18(16)25-19;/h1-2,5-8,12,14,24-25H,3-4,9-11,13H2;1H. The highest BCUT2D eigenvalue weighted by atomic mass is 35.5. The first-order valence-corrected chi connectivity index (χ1v) is 9.10. The molecule has 27 heavy (non-hydrogen) atoms. The van der Waals surface area contributed by atoms with Gasteiger partial charge in [0.25, 0.3) is 0 Å². The molecule has 1 atom stereocenters. The number of rotatable bonds is 5. The topological polar surface area (TPSA) is 37.0 Å². The number of ether oxygens (including phenoxy) is 1. The third-order valence-electron chi connectivity index (χ3n) is 5.03. The van der Waals surface area contributed by atoms with Crippen LogP contribution in [-0.2, 0) is 6.42 Å². The molecule has 0 aliphatic carbocycles. The van der Waals surface area contributed by atoms with Crippen molar-refractivity contribution in [3.63, 3.8) is 0 Å². The highest BCUT2D eigenvalue weighted by molar-refractivity contribution is 5.85. The summed E-state index contributed by atoms with van der Waals surface area (Å²) in [5.74, 6) is -0.652. The van der Waals surface area contributed by atoms with Gasteiger partial charge in [0.1, 0.15) is 5.82 Å². The molecule has 2 N–H and O–H groups in total. The molecule has 3 aromatic rings. The SMILES string of the molecule is Cl.Fc1ccc(F)c(OCCCC2CNCCc3[nH]c4ccccc4c32)c1. The molecule has 1 aromatic heterocycles. The first-order valence-electron chi connectivity index (χ1n) is 9.10. The van der Waals surface area contributed by atoms with Crippen LogP contribution in [0.5, 0.6) is 5.75 Å². The van der Waals surface area contributed by atoms with Crippen molar-refractivity contribution in [2.45, 2.75) is 25.2 Å². The minimum Gasteiger partial charge on any atom is -0.490 e. The minimum atomic E-state index is -0.526. The molecule has 144 valence electrons. The second-order valence-corrected chi connectivity index (χ2v) is 6.78. The predicted octanol–water partition coefficient (Wildman–Crippen LogP) is 4.96. The molecule has 0 spiro atoms. The van der Waals surface area contributed by atoms with Crippen LogP contribution < -0.4 is 10.1 Å². The summed E-state index contributed by atoms with van der Waals surface area (Å²) in [6.07, 6.45) is 2.70. The summed E-state index contributed by atoms with van der Waals surface area (Å²) in [6.45, 7) is 2.25. The van der Waals surface area contributed by atoms with E-state index in [2.05, 4.69) is 28.5 Å². The molecular formula is C21H23ClF2N2O. The molecule has 1 aliphatic heterocycles. The lowest BCUT2D eigenvalue weighted by Gasteiger charge is -2.16. The van der Waals surface area contributed by atoms with Gasteiger partial charge in [-0.2, -0.15) is 0 Å². The Morgan fingerprint density at radius 1 is 1.11 bits per heavy atom. The molecule has 0 saturated carbocycles. The predicted molar refractivity (Wildman–Crippen MR) is 106 cm³/mol. The molecule has 6 heteroatoms. The second-order valence-electron chi connectivity index (χ2n) is 6.78. The van der Waals surface area contributed by atoms with Gasteiger partial charge in [-0.3, -0.25) is 0 Å². The monoisotopic (exact) mass is 392 g/mol. The summed E-state index contributed by atoms with van der Waals surface area (Å²) >= 11 is 0. The number of nitrogens with one attached hydrogen (secondary N) is 2. The van der Waals surface area contributed by atoms with E-state index in [-0.39, 0.29) is 18.2 Å². The van der Waals surface area contributed by atoms with Crippen LogP contribution >= 0.6 is 12.4 Å². The summed E-state index contributed by atoms with van der Waals surface area (Å²) < 4.78 is 32.3. The van der Waals surface area contributed by atoms with Crippen LogP contribution in [0.15, 0.2) is 42.5 Å². The van der Waals surface area contributed by atoms with E-state index in [0.717, 1.165) is 50.6 Å². The average Bonchev–Trinajstić information content (AvgIpc) is 2.89. The lowest BCUT2D eigenvalue weighted by Crippen LogP contribution is -2.20. The first-order chi connectivity index (χ1) is 12.7. The zero-order chi connectivity index (χ0) is 17.9. The van der Waals surface area contributed by atoms with Gasteiger partial charge in [-0.1, -0.05) is 18.2 Å². The number of halogens is 3. The van der Waals surface area contributed by atoms with Crippen LogP contribution in [0.1, 0.15) is 30.0 Å². The van der Waals surface area contributed by atoms with Crippen molar-refractivity contribution in [2.75, 3.05) is 19.7 Å². The van der Waals surface area contributed by atoms with Gasteiger partial charge in [0.05, 0.1) is 6.61 Å². The number of hydrogen-bond acceptors (Lipinski definition) is 2. The Morgan fingerprint density at radius 2 is 1.96 bits per heavy atom. The summed E-state index contributed by atoms with van der Waals surface area (Å²) in [6, 6.07) is 11.7. The molecule has 2 heterocycles. The quantitative estimate of drug-likeness (QED) is 0.602. The fourth-order valence-corrected chi connectivity index (χ4v) is 3.82. The van der Waals surface area contributed by atoms with E-state index in [0.29, 0.717) is 12.5 Å². The van der Waals surface area contributed by atoms with Crippen LogP contribution in [0.2, 0.25) is 0 Å². The van der Waals surface area contributed by atoms with Gasteiger partial charge in [-0.05, 0) is 42.5 Å². The third-order valence-corrected chi connectivity index (χ3v) is 5.03. The van der Waals surface area contributed by atoms with Crippen LogP contribution in [0.3, 0.4) is 0 Å². The Morgan fingerprint density at radius 3 is 2.85 bits per heavy atom. The maximum Gasteiger partial charge on any atom is 0.165 e. The Balaban J connectivity index is 0.00000210. The zero-order valence-corrected chi connectivity index (χ0v) is 15.8. The Kier molecular flexibility index (Phi) is 6.34. The third kappa shape index (κ3) is 4.25. The number of H-pyrrole nitrogens is 1. The molecule has 4 rings (SSSR count). The van der Waals surface area contributed by atoms with E-state index in [1.165, 1.54) is 22.2 Å². The van der Waals surface area contributed by atoms with Crippen molar-refractivity contribution in [2.24, 2.45) is 0 Å². The van der Waals surface area contributed by atoms with E-state index < -0.39 is 11.6 Å². The van der Waals surface area contributed by atoms with E-state index in [9.17, 15) is 8.78 Å². The van der Waals surface area contributed by atoms with Gasteiger partial charge in [0.2, 0.25) is 0 Å². The van der Waals surface area contributed by atoms with Crippen LogP contribution in [0.25, 0.3) is 10.9 Å². The smallest absolute Gasteiger partial charge is 0.165 e. The molecule has 3 nitrogen and oxygen atoms in total. The summed E-state index contributed by atoms with van der Waals surface area (Å²) in [7, 11) is 0. The number of aromatic amines is 1. The summed E-state index contributed by atoms with van der Waals surface area (Å²) in [5, 5.41) is 4.79. The largest absolute Gasteiger partial charge is 0.490 e. The fourth-order valence-electron chi connectivity index (χ4n) is 3.82. The molecule has 0 radical (unpaired) electrons. The van der Waals surface area contributed by atoms with Crippen molar-refractivity contribution in [1.82, 2.24) is 10.3 Å². The normalized spacial score (nSPS) is 16.4. The lowest BCUT2D eigenvalue weighted by atomic mass is 9.92. The Labute approximate surface area is 163 Å². The molecular weight excluding hydrogens is 370 g/mol. The molecule has 0 amide bonds. The Hall–Kier alpha value is -2.11. The molecule has 0 bridgehead atoms. The molecule has 0 saturated heterocycles. The van der Waals surface area contributed by atoms with Gasteiger partial charge in [0.15, 0.2) is 11.6 Å². The molecule has 1 unspecified atom stereocenters. The van der Waals surface area contributed by atoms with E-state index in [4.69, 9.17) is 4.74 Å². The number of para-hydroxylation sites is 1. The van der Waals surface area contributed by atoms with Gasteiger partial charge in [0, 0.05) is 42.2 Å². The maximum atomic E-state index is 13.6. The van der Waals surface area contributed by atoms with E-state index in [1.807, 2.05) is 6.07 Å². The molecule has 0 fully saturated rings. The minimum absolute atomic E-state index is 0. The highest BCUT2D eigenvalue weighted by Gasteiger charge is 2.22. The number of benzene rings is 2. The summed E-state index contributed by atoms with van der Waals surface area (Å²) in [5.41, 5.74) is 3.88. The average molecular weight is 393 g/mol. The van der Waals surface area contributed by atoms with E-state index >= 15 is 0 Å². The van der Waals surface area contributed by atoms with Crippen LogP contribution in [0, 0.1) is 11.6 Å². The van der Waals surface area contributed by atoms with Crippen molar-refractivity contribution in [3.8, 4) is 5.75 Å². The van der Waals surface area contributed by atoms with Crippen molar-refractivity contribution < 1.29 is 13.5 Å². The van der Waals surface area contributed by atoms with Gasteiger partial charge in [-0.25, -0.2) is 8.78 Å². The number of fused-ring (bicyclic) bond motifs is 3. The van der Waals surface area contributed by atoms with Gasteiger partial charge < -0.3 is 15.0 Å². The molecule has 1 aliphatic rings.